The van der Waals surface area contributed by atoms with Crippen LogP contribution in [0.15, 0.2) is 36.9 Å². The molecular formula is C16H20N4O2. The summed E-state index contributed by atoms with van der Waals surface area (Å²) in [5.41, 5.74) is 0. The van der Waals surface area contributed by atoms with Crippen molar-refractivity contribution < 1.29 is 9.47 Å². The Morgan fingerprint density at radius 1 is 1.14 bits per heavy atom. The van der Waals surface area contributed by atoms with Gasteiger partial charge in [0.2, 0.25) is 0 Å². The van der Waals surface area contributed by atoms with Gasteiger partial charge in [0.05, 0.1) is 12.6 Å². The molecule has 0 aromatic carbocycles. The maximum absolute atomic E-state index is 5.98. The zero-order valence-electron chi connectivity index (χ0n) is 12.8. The van der Waals surface area contributed by atoms with Crippen LogP contribution in [0, 0.1) is 0 Å². The molecule has 0 spiro atoms. The van der Waals surface area contributed by atoms with Crippen molar-refractivity contribution >= 4 is 5.82 Å². The molecule has 3 heterocycles. The predicted octanol–water partition coefficient (Wildman–Crippen LogP) is 2.32. The molecule has 0 amide bonds. The summed E-state index contributed by atoms with van der Waals surface area (Å²) >= 11 is 0. The fourth-order valence-corrected chi connectivity index (χ4v) is 2.47. The van der Waals surface area contributed by atoms with E-state index in [0.717, 1.165) is 31.1 Å². The van der Waals surface area contributed by atoms with Gasteiger partial charge in [-0.15, -0.1) is 0 Å². The van der Waals surface area contributed by atoms with Crippen molar-refractivity contribution in [2.75, 3.05) is 18.0 Å². The Labute approximate surface area is 130 Å². The highest BCUT2D eigenvalue weighted by Gasteiger charge is 2.27. The lowest BCUT2D eigenvalue weighted by molar-refractivity contribution is 0.223. The van der Waals surface area contributed by atoms with Gasteiger partial charge < -0.3 is 14.4 Å². The van der Waals surface area contributed by atoms with Crippen LogP contribution in [0.1, 0.15) is 20.3 Å². The Bertz CT molecular complexity index is 606. The van der Waals surface area contributed by atoms with Crippen LogP contribution in [0.2, 0.25) is 0 Å². The molecule has 2 aromatic heterocycles. The van der Waals surface area contributed by atoms with E-state index in [1.165, 1.54) is 0 Å². The number of pyridine rings is 1. The summed E-state index contributed by atoms with van der Waals surface area (Å²) in [7, 11) is 0. The highest BCUT2D eigenvalue weighted by molar-refractivity contribution is 5.49. The molecule has 3 rings (SSSR count). The van der Waals surface area contributed by atoms with E-state index in [9.17, 15) is 0 Å². The van der Waals surface area contributed by atoms with Crippen LogP contribution in [0.4, 0.5) is 5.82 Å². The van der Waals surface area contributed by atoms with Crippen LogP contribution >= 0.6 is 0 Å². The molecule has 1 saturated heterocycles. The molecule has 1 fully saturated rings. The first-order chi connectivity index (χ1) is 10.7. The summed E-state index contributed by atoms with van der Waals surface area (Å²) in [5, 5.41) is 0. The molecule has 1 unspecified atom stereocenters. The maximum atomic E-state index is 5.98. The molecule has 6 nitrogen and oxygen atoms in total. The number of rotatable bonds is 5. The molecule has 116 valence electrons. The summed E-state index contributed by atoms with van der Waals surface area (Å²) < 4.78 is 11.7. The zero-order valence-corrected chi connectivity index (χ0v) is 12.8. The van der Waals surface area contributed by atoms with Gasteiger partial charge in [0.25, 0.3) is 5.88 Å². The van der Waals surface area contributed by atoms with Crippen molar-refractivity contribution in [3.8, 4) is 11.6 Å². The molecule has 1 atom stereocenters. The van der Waals surface area contributed by atoms with Crippen LogP contribution in [-0.4, -0.2) is 40.2 Å². The van der Waals surface area contributed by atoms with Gasteiger partial charge in [0.1, 0.15) is 11.9 Å². The standard InChI is InChI=1S/C16H20N4O2/c1-12(2)21-16-15(18-8-9-19-16)20-10-5-14(11-20)22-13-3-6-17-7-4-13/h3-4,6-9,12,14H,5,10-11H2,1-2H3. The molecule has 1 aliphatic heterocycles. The van der Waals surface area contributed by atoms with E-state index in [2.05, 4.69) is 19.9 Å². The van der Waals surface area contributed by atoms with Gasteiger partial charge in [0.15, 0.2) is 5.82 Å². The minimum atomic E-state index is 0.0712. The van der Waals surface area contributed by atoms with Crippen molar-refractivity contribution in [2.45, 2.75) is 32.5 Å². The molecule has 0 bridgehead atoms. The summed E-state index contributed by atoms with van der Waals surface area (Å²) in [5.74, 6) is 2.22. The lowest BCUT2D eigenvalue weighted by Gasteiger charge is -2.20. The van der Waals surface area contributed by atoms with E-state index in [1.807, 2.05) is 26.0 Å². The van der Waals surface area contributed by atoms with E-state index in [4.69, 9.17) is 9.47 Å². The number of hydrogen-bond acceptors (Lipinski definition) is 6. The minimum Gasteiger partial charge on any atom is -0.488 e. The van der Waals surface area contributed by atoms with Gasteiger partial charge in [0, 0.05) is 37.8 Å². The van der Waals surface area contributed by atoms with Gasteiger partial charge in [-0.05, 0) is 26.0 Å². The lowest BCUT2D eigenvalue weighted by atomic mass is 10.3. The quantitative estimate of drug-likeness (QED) is 0.844. The first-order valence-corrected chi connectivity index (χ1v) is 7.51. The van der Waals surface area contributed by atoms with Crippen LogP contribution < -0.4 is 14.4 Å². The van der Waals surface area contributed by atoms with Crippen molar-refractivity contribution in [2.24, 2.45) is 0 Å². The minimum absolute atomic E-state index is 0.0712. The average Bonchev–Trinajstić information content (AvgIpc) is 2.96. The Balaban J connectivity index is 1.68. The van der Waals surface area contributed by atoms with Crippen LogP contribution in [0.25, 0.3) is 0 Å². The number of hydrogen-bond donors (Lipinski definition) is 0. The van der Waals surface area contributed by atoms with Crippen molar-refractivity contribution in [1.29, 1.82) is 0 Å². The molecule has 0 radical (unpaired) electrons. The fraction of sp³-hybridized carbons (Fsp3) is 0.438. The van der Waals surface area contributed by atoms with Crippen molar-refractivity contribution in [3.05, 3.63) is 36.9 Å². The first kappa shape index (κ1) is 14.6. The summed E-state index contributed by atoms with van der Waals surface area (Å²) in [6.07, 6.45) is 7.97. The Kier molecular flexibility index (Phi) is 4.37. The molecule has 6 heteroatoms. The normalized spacial score (nSPS) is 17.8. The lowest BCUT2D eigenvalue weighted by Crippen LogP contribution is -2.26. The smallest absolute Gasteiger partial charge is 0.257 e. The third-order valence-electron chi connectivity index (χ3n) is 3.39. The van der Waals surface area contributed by atoms with Gasteiger partial charge in [-0.2, -0.15) is 0 Å². The van der Waals surface area contributed by atoms with E-state index in [0.29, 0.717) is 5.88 Å². The monoisotopic (exact) mass is 300 g/mol. The third kappa shape index (κ3) is 3.44. The molecule has 22 heavy (non-hydrogen) atoms. The fourth-order valence-electron chi connectivity index (χ4n) is 2.47. The van der Waals surface area contributed by atoms with Crippen LogP contribution in [0.3, 0.4) is 0 Å². The van der Waals surface area contributed by atoms with Gasteiger partial charge in [-0.25, -0.2) is 9.97 Å². The number of anilines is 1. The molecule has 0 saturated carbocycles. The van der Waals surface area contributed by atoms with Crippen LogP contribution in [-0.2, 0) is 0 Å². The molecule has 1 aliphatic rings. The van der Waals surface area contributed by atoms with Gasteiger partial charge in [-0.1, -0.05) is 0 Å². The van der Waals surface area contributed by atoms with E-state index in [-0.39, 0.29) is 12.2 Å². The third-order valence-corrected chi connectivity index (χ3v) is 3.39. The topological polar surface area (TPSA) is 60.4 Å². The van der Waals surface area contributed by atoms with E-state index in [1.54, 1.807) is 24.8 Å². The Hall–Kier alpha value is -2.37. The molecule has 2 aromatic rings. The van der Waals surface area contributed by atoms with Crippen LogP contribution in [0.5, 0.6) is 11.6 Å². The first-order valence-electron chi connectivity index (χ1n) is 7.51. The molecular weight excluding hydrogens is 280 g/mol. The van der Waals surface area contributed by atoms with Gasteiger partial charge >= 0.3 is 0 Å². The molecule has 0 N–H and O–H groups in total. The second kappa shape index (κ2) is 6.60. The zero-order chi connectivity index (χ0) is 15.4. The largest absolute Gasteiger partial charge is 0.488 e. The molecule has 0 aliphatic carbocycles. The van der Waals surface area contributed by atoms with E-state index < -0.39 is 0 Å². The second-order valence-corrected chi connectivity index (χ2v) is 5.51. The summed E-state index contributed by atoms with van der Waals surface area (Å²) in [6, 6.07) is 3.75. The number of ether oxygens (including phenoxy) is 2. The maximum Gasteiger partial charge on any atom is 0.257 e. The average molecular weight is 300 g/mol. The Morgan fingerprint density at radius 3 is 2.68 bits per heavy atom. The van der Waals surface area contributed by atoms with Gasteiger partial charge in [-0.3, -0.25) is 4.98 Å². The number of aromatic nitrogens is 3. The SMILES string of the molecule is CC(C)Oc1nccnc1N1CCC(Oc2ccncc2)C1. The second-order valence-electron chi connectivity index (χ2n) is 5.51. The number of nitrogens with zero attached hydrogens (tertiary/aromatic N) is 4. The summed E-state index contributed by atoms with van der Waals surface area (Å²) in [6.45, 7) is 5.62. The highest BCUT2D eigenvalue weighted by atomic mass is 16.5. The predicted molar refractivity (Wildman–Crippen MR) is 83.3 cm³/mol. The Morgan fingerprint density at radius 2 is 1.91 bits per heavy atom. The highest BCUT2D eigenvalue weighted by Crippen LogP contribution is 2.28. The van der Waals surface area contributed by atoms with Crippen molar-refractivity contribution in [3.63, 3.8) is 0 Å². The van der Waals surface area contributed by atoms with E-state index >= 15 is 0 Å². The van der Waals surface area contributed by atoms with Crippen molar-refractivity contribution in [1.82, 2.24) is 15.0 Å². The summed E-state index contributed by atoms with van der Waals surface area (Å²) in [4.78, 5) is 14.9.